The number of hydrogen-bond acceptors (Lipinski definition) is 2. The summed E-state index contributed by atoms with van der Waals surface area (Å²) in [7, 11) is 0. The maximum absolute atomic E-state index is 13.0. The Balaban J connectivity index is 2.16. The van der Waals surface area contributed by atoms with Gasteiger partial charge in [0, 0.05) is 0 Å². The number of rotatable bonds is 3. The molecule has 0 spiro atoms. The molecule has 0 fully saturated rings. The van der Waals surface area contributed by atoms with Crippen molar-refractivity contribution in [2.24, 2.45) is 0 Å². The topological polar surface area (TPSA) is 35.2 Å². The van der Waals surface area contributed by atoms with Gasteiger partial charge in [-0.05, 0) is 42.3 Å². The van der Waals surface area contributed by atoms with Gasteiger partial charge < -0.3 is 10.5 Å². The number of nitrogens with two attached hydrogens (primary N) is 1. The van der Waals surface area contributed by atoms with Gasteiger partial charge in [-0.1, -0.05) is 23.7 Å². The minimum atomic E-state index is -0.256. The number of para-hydroxylation sites is 1. The normalized spacial score (nSPS) is 10.4. The third-order valence-corrected chi connectivity index (χ3v) is 2.97. The largest absolute Gasteiger partial charge is 0.485 e. The van der Waals surface area contributed by atoms with Gasteiger partial charge in [-0.3, -0.25) is 0 Å². The van der Waals surface area contributed by atoms with Crippen molar-refractivity contribution < 1.29 is 9.13 Å². The lowest BCUT2D eigenvalue weighted by Crippen LogP contribution is -2.01. The van der Waals surface area contributed by atoms with Gasteiger partial charge in [0.15, 0.2) is 5.75 Å². The lowest BCUT2D eigenvalue weighted by molar-refractivity contribution is 0.307. The number of hydrogen-bond donors (Lipinski definition) is 1. The van der Waals surface area contributed by atoms with Crippen molar-refractivity contribution in [2.45, 2.75) is 13.5 Å². The molecule has 94 valence electrons. The molecule has 0 saturated carbocycles. The molecule has 4 heteroatoms. The average Bonchev–Trinajstić information content (AvgIpc) is 2.31. The predicted molar refractivity (Wildman–Crippen MR) is 71.3 cm³/mol. The third kappa shape index (κ3) is 2.74. The molecular formula is C14H13ClFNO. The highest BCUT2D eigenvalue weighted by atomic mass is 35.5. The van der Waals surface area contributed by atoms with E-state index < -0.39 is 0 Å². The molecule has 18 heavy (non-hydrogen) atoms. The summed E-state index contributed by atoms with van der Waals surface area (Å²) in [5, 5.41) is 0.467. The first-order chi connectivity index (χ1) is 8.58. The maximum Gasteiger partial charge on any atom is 0.161 e. The van der Waals surface area contributed by atoms with Crippen molar-refractivity contribution in [3.05, 3.63) is 58.4 Å². The molecule has 0 unspecified atom stereocenters. The molecule has 0 aliphatic heterocycles. The Labute approximate surface area is 110 Å². The van der Waals surface area contributed by atoms with Crippen LogP contribution in [0.1, 0.15) is 11.1 Å². The number of halogens is 2. The standard InChI is InChI=1S/C14H13ClFNO/c1-9-7-11(16)6-5-10(9)8-18-14-12(15)3-2-4-13(14)17/h2-7H,8,17H2,1H3. The van der Waals surface area contributed by atoms with E-state index in [1.165, 1.54) is 12.1 Å². The van der Waals surface area contributed by atoms with Crippen LogP contribution in [0.25, 0.3) is 0 Å². The predicted octanol–water partition coefficient (Wildman–Crippen LogP) is 3.95. The van der Waals surface area contributed by atoms with Gasteiger partial charge in [-0.25, -0.2) is 4.39 Å². The Morgan fingerprint density at radius 1 is 1.28 bits per heavy atom. The van der Waals surface area contributed by atoms with Crippen LogP contribution in [0.5, 0.6) is 5.75 Å². The Bertz CT molecular complexity index is 551. The first kappa shape index (κ1) is 12.7. The number of aryl methyl sites for hydroxylation is 1. The van der Waals surface area contributed by atoms with E-state index in [4.69, 9.17) is 22.1 Å². The molecule has 0 atom stereocenters. The lowest BCUT2D eigenvalue weighted by Gasteiger charge is -2.12. The number of benzene rings is 2. The highest BCUT2D eigenvalue weighted by molar-refractivity contribution is 6.32. The molecule has 2 N–H and O–H groups in total. The van der Waals surface area contributed by atoms with Gasteiger partial charge in [-0.15, -0.1) is 0 Å². The van der Waals surface area contributed by atoms with Crippen LogP contribution in [0.3, 0.4) is 0 Å². The van der Waals surface area contributed by atoms with Crippen LogP contribution >= 0.6 is 11.6 Å². The summed E-state index contributed by atoms with van der Waals surface area (Å²) < 4.78 is 18.6. The van der Waals surface area contributed by atoms with Crippen LogP contribution < -0.4 is 10.5 Å². The molecule has 2 nitrogen and oxygen atoms in total. The molecule has 0 heterocycles. The summed E-state index contributed by atoms with van der Waals surface area (Å²) in [6.07, 6.45) is 0. The molecule has 2 rings (SSSR count). The highest BCUT2D eigenvalue weighted by Crippen LogP contribution is 2.31. The van der Waals surface area contributed by atoms with E-state index in [1.807, 2.05) is 6.92 Å². The second-order valence-corrected chi connectivity index (χ2v) is 4.42. The monoisotopic (exact) mass is 265 g/mol. The summed E-state index contributed by atoms with van der Waals surface area (Å²) in [4.78, 5) is 0. The molecule has 0 bridgehead atoms. The summed E-state index contributed by atoms with van der Waals surface area (Å²) >= 11 is 6.00. The fourth-order valence-corrected chi connectivity index (χ4v) is 1.89. The third-order valence-electron chi connectivity index (χ3n) is 2.67. The van der Waals surface area contributed by atoms with Crippen LogP contribution in [0.4, 0.5) is 10.1 Å². The minimum Gasteiger partial charge on any atom is -0.485 e. The number of anilines is 1. The quantitative estimate of drug-likeness (QED) is 0.853. The van der Waals surface area contributed by atoms with Crippen LogP contribution in [-0.4, -0.2) is 0 Å². The van der Waals surface area contributed by atoms with Crippen LogP contribution in [-0.2, 0) is 6.61 Å². The summed E-state index contributed by atoms with van der Waals surface area (Å²) in [5.41, 5.74) is 8.00. The van der Waals surface area contributed by atoms with Crippen molar-refractivity contribution in [2.75, 3.05) is 5.73 Å². The second kappa shape index (κ2) is 5.27. The Morgan fingerprint density at radius 2 is 2.06 bits per heavy atom. The van der Waals surface area contributed by atoms with E-state index >= 15 is 0 Å². The average molecular weight is 266 g/mol. The molecule has 0 aromatic heterocycles. The van der Waals surface area contributed by atoms with E-state index in [0.717, 1.165) is 11.1 Å². The van der Waals surface area contributed by atoms with E-state index in [2.05, 4.69) is 0 Å². The molecule has 0 radical (unpaired) electrons. The lowest BCUT2D eigenvalue weighted by atomic mass is 10.1. The fourth-order valence-electron chi connectivity index (χ4n) is 1.65. The molecule has 2 aromatic rings. The second-order valence-electron chi connectivity index (χ2n) is 4.02. The maximum atomic E-state index is 13.0. The van der Waals surface area contributed by atoms with Crippen molar-refractivity contribution in [3.8, 4) is 5.75 Å². The number of nitrogen functional groups attached to an aromatic ring is 1. The van der Waals surface area contributed by atoms with E-state index in [0.29, 0.717) is 23.1 Å². The van der Waals surface area contributed by atoms with Gasteiger partial charge in [0.2, 0.25) is 0 Å². The van der Waals surface area contributed by atoms with Crippen molar-refractivity contribution in [3.63, 3.8) is 0 Å². The Kier molecular flexibility index (Phi) is 3.72. The molecule has 0 amide bonds. The first-order valence-corrected chi connectivity index (χ1v) is 5.87. The zero-order chi connectivity index (χ0) is 13.1. The van der Waals surface area contributed by atoms with Crippen molar-refractivity contribution in [1.29, 1.82) is 0 Å². The SMILES string of the molecule is Cc1cc(F)ccc1COc1c(N)cccc1Cl. The van der Waals surface area contributed by atoms with E-state index in [1.54, 1.807) is 24.3 Å². The van der Waals surface area contributed by atoms with E-state index in [-0.39, 0.29) is 5.82 Å². The Hall–Kier alpha value is -1.74. The van der Waals surface area contributed by atoms with Gasteiger partial charge >= 0.3 is 0 Å². The Morgan fingerprint density at radius 3 is 2.72 bits per heavy atom. The van der Waals surface area contributed by atoms with Crippen molar-refractivity contribution in [1.82, 2.24) is 0 Å². The summed E-state index contributed by atoms with van der Waals surface area (Å²) in [6.45, 7) is 2.14. The number of ether oxygens (including phenoxy) is 1. The van der Waals surface area contributed by atoms with Gasteiger partial charge in [0.05, 0.1) is 10.7 Å². The van der Waals surface area contributed by atoms with Gasteiger partial charge in [0.25, 0.3) is 0 Å². The smallest absolute Gasteiger partial charge is 0.161 e. The van der Waals surface area contributed by atoms with Gasteiger partial charge in [-0.2, -0.15) is 0 Å². The summed E-state index contributed by atoms with van der Waals surface area (Å²) in [5.74, 6) is 0.205. The molecule has 2 aromatic carbocycles. The van der Waals surface area contributed by atoms with Crippen LogP contribution in [0, 0.1) is 12.7 Å². The fraction of sp³-hybridized carbons (Fsp3) is 0.143. The first-order valence-electron chi connectivity index (χ1n) is 5.50. The molecular weight excluding hydrogens is 253 g/mol. The van der Waals surface area contributed by atoms with E-state index in [9.17, 15) is 4.39 Å². The van der Waals surface area contributed by atoms with Gasteiger partial charge in [0.1, 0.15) is 12.4 Å². The van der Waals surface area contributed by atoms with Crippen molar-refractivity contribution >= 4 is 17.3 Å². The molecule has 0 aliphatic carbocycles. The zero-order valence-electron chi connectivity index (χ0n) is 9.91. The zero-order valence-corrected chi connectivity index (χ0v) is 10.7. The minimum absolute atomic E-state index is 0.256. The molecule has 0 aliphatic rings. The highest BCUT2D eigenvalue weighted by Gasteiger charge is 2.07. The van der Waals surface area contributed by atoms with Crippen LogP contribution in [0.15, 0.2) is 36.4 Å². The summed E-state index contributed by atoms with van der Waals surface area (Å²) in [6, 6.07) is 9.76. The van der Waals surface area contributed by atoms with Crippen LogP contribution in [0.2, 0.25) is 5.02 Å². The molecule has 0 saturated heterocycles.